The van der Waals surface area contributed by atoms with E-state index in [0.717, 1.165) is 36.4 Å². The van der Waals surface area contributed by atoms with Crippen molar-refractivity contribution >= 4 is 11.9 Å². The maximum atomic E-state index is 5.81. The Kier molecular flexibility index (Phi) is 6.43. The largest absolute Gasteiger partial charge is 0.494 e. The van der Waals surface area contributed by atoms with E-state index >= 15 is 0 Å². The Labute approximate surface area is 155 Å². The Morgan fingerprint density at radius 1 is 0.885 bits per heavy atom. The van der Waals surface area contributed by atoms with Gasteiger partial charge in [-0.1, -0.05) is 48.0 Å². The predicted octanol–water partition coefficient (Wildman–Crippen LogP) is 5.45. The van der Waals surface area contributed by atoms with Crippen LogP contribution in [0.1, 0.15) is 23.1 Å². The minimum atomic E-state index is 0.720. The van der Waals surface area contributed by atoms with Crippen LogP contribution in [0.5, 0.6) is 5.75 Å². The third-order valence-electron chi connectivity index (χ3n) is 4.06. The molecule has 0 saturated heterocycles. The number of hydrogen-bond donors (Lipinski definition) is 1. The number of anilines is 1. The van der Waals surface area contributed by atoms with Gasteiger partial charge in [0, 0.05) is 0 Å². The summed E-state index contributed by atoms with van der Waals surface area (Å²) in [5, 5.41) is 4.26. The van der Waals surface area contributed by atoms with Gasteiger partial charge in [-0.25, -0.2) is 0 Å². The first kappa shape index (κ1) is 17.7. The molecule has 0 aliphatic carbocycles. The lowest BCUT2D eigenvalue weighted by Gasteiger charge is -2.06. The predicted molar refractivity (Wildman–Crippen MR) is 109 cm³/mol. The summed E-state index contributed by atoms with van der Waals surface area (Å²) in [6.07, 6.45) is 3.85. The van der Waals surface area contributed by atoms with E-state index in [9.17, 15) is 0 Å². The molecule has 0 unspecified atom stereocenters. The van der Waals surface area contributed by atoms with Crippen molar-refractivity contribution in [1.29, 1.82) is 0 Å². The highest BCUT2D eigenvalue weighted by Crippen LogP contribution is 2.13. The third kappa shape index (κ3) is 5.78. The maximum Gasteiger partial charge on any atom is 0.119 e. The van der Waals surface area contributed by atoms with Gasteiger partial charge in [0.2, 0.25) is 0 Å². The molecule has 26 heavy (non-hydrogen) atoms. The molecule has 3 aromatic rings. The number of hydrazone groups is 1. The topological polar surface area (TPSA) is 33.6 Å². The summed E-state index contributed by atoms with van der Waals surface area (Å²) in [5.41, 5.74) is 7.62. The molecular weight excluding hydrogens is 320 g/mol. The van der Waals surface area contributed by atoms with E-state index in [4.69, 9.17) is 4.74 Å². The van der Waals surface area contributed by atoms with Crippen LogP contribution in [0.3, 0.4) is 0 Å². The third-order valence-corrected chi connectivity index (χ3v) is 4.06. The summed E-state index contributed by atoms with van der Waals surface area (Å²) in [6, 6.07) is 26.6. The summed E-state index contributed by atoms with van der Waals surface area (Å²) in [7, 11) is 0. The van der Waals surface area contributed by atoms with Crippen molar-refractivity contribution < 1.29 is 4.74 Å². The molecule has 0 atom stereocenters. The van der Waals surface area contributed by atoms with Gasteiger partial charge in [-0.2, -0.15) is 5.10 Å². The number of benzene rings is 3. The number of rotatable bonds is 8. The van der Waals surface area contributed by atoms with E-state index in [1.807, 2.05) is 42.5 Å². The summed E-state index contributed by atoms with van der Waals surface area (Å²) in [6.45, 7) is 2.79. The van der Waals surface area contributed by atoms with E-state index in [1.165, 1.54) is 11.1 Å². The molecule has 1 N–H and O–H groups in total. The number of nitrogens with one attached hydrogen (secondary N) is 1. The fraction of sp³-hybridized carbons (Fsp3) is 0.174. The normalized spacial score (nSPS) is 10.8. The molecule has 3 rings (SSSR count). The highest BCUT2D eigenvalue weighted by atomic mass is 16.5. The summed E-state index contributed by atoms with van der Waals surface area (Å²) in [5.74, 6) is 0.890. The molecule has 3 nitrogen and oxygen atoms in total. The van der Waals surface area contributed by atoms with Crippen molar-refractivity contribution in [3.05, 3.63) is 95.6 Å². The number of aryl methyl sites for hydroxylation is 2. The van der Waals surface area contributed by atoms with E-state index in [1.54, 1.807) is 6.21 Å². The van der Waals surface area contributed by atoms with Crippen LogP contribution in [-0.4, -0.2) is 12.8 Å². The average molecular weight is 344 g/mol. The zero-order valence-electron chi connectivity index (χ0n) is 15.1. The Hall–Kier alpha value is -3.07. The van der Waals surface area contributed by atoms with Gasteiger partial charge < -0.3 is 4.74 Å². The van der Waals surface area contributed by atoms with Crippen LogP contribution in [0, 0.1) is 6.92 Å². The van der Waals surface area contributed by atoms with Crippen LogP contribution in [0.25, 0.3) is 0 Å². The molecule has 132 valence electrons. The van der Waals surface area contributed by atoms with Crippen molar-refractivity contribution in [1.82, 2.24) is 0 Å². The van der Waals surface area contributed by atoms with Crippen LogP contribution in [0.15, 0.2) is 84.0 Å². The number of hydrogen-bond acceptors (Lipinski definition) is 3. The minimum absolute atomic E-state index is 0.720. The second-order valence-corrected chi connectivity index (χ2v) is 6.24. The van der Waals surface area contributed by atoms with E-state index in [2.05, 4.69) is 53.8 Å². The van der Waals surface area contributed by atoms with Gasteiger partial charge in [0.05, 0.1) is 18.5 Å². The van der Waals surface area contributed by atoms with Gasteiger partial charge in [0.25, 0.3) is 0 Å². The number of ether oxygens (including phenoxy) is 1. The van der Waals surface area contributed by atoms with Crippen molar-refractivity contribution in [3.8, 4) is 5.75 Å². The second kappa shape index (κ2) is 9.42. The van der Waals surface area contributed by atoms with Gasteiger partial charge in [0.1, 0.15) is 5.75 Å². The van der Waals surface area contributed by atoms with Gasteiger partial charge >= 0.3 is 0 Å². The zero-order chi connectivity index (χ0) is 18.0. The molecule has 3 heteroatoms. The lowest BCUT2D eigenvalue weighted by atomic mass is 10.1. The van der Waals surface area contributed by atoms with Crippen molar-refractivity contribution in [3.63, 3.8) is 0 Å². The molecule has 0 radical (unpaired) electrons. The Morgan fingerprint density at radius 2 is 1.62 bits per heavy atom. The van der Waals surface area contributed by atoms with E-state index < -0.39 is 0 Å². The molecule has 3 aromatic carbocycles. The monoisotopic (exact) mass is 344 g/mol. The van der Waals surface area contributed by atoms with Crippen molar-refractivity contribution in [2.24, 2.45) is 5.10 Å². The molecular formula is C23H24N2O. The maximum absolute atomic E-state index is 5.81. The SMILES string of the molecule is Cc1ccc(N/N=C/c2ccc(OCCCc3ccccc3)cc2)cc1. The Bertz CT molecular complexity index is 809. The van der Waals surface area contributed by atoms with E-state index in [-0.39, 0.29) is 0 Å². The van der Waals surface area contributed by atoms with Gasteiger partial charge in [-0.15, -0.1) is 0 Å². The molecule has 0 saturated carbocycles. The molecule has 0 amide bonds. The lowest BCUT2D eigenvalue weighted by Crippen LogP contribution is -1.99. The number of nitrogens with zero attached hydrogens (tertiary/aromatic N) is 1. The van der Waals surface area contributed by atoms with Crippen LogP contribution in [0.4, 0.5) is 5.69 Å². The molecule has 0 aliphatic rings. The molecule has 0 bridgehead atoms. The fourth-order valence-electron chi connectivity index (χ4n) is 2.57. The fourth-order valence-corrected chi connectivity index (χ4v) is 2.57. The second-order valence-electron chi connectivity index (χ2n) is 6.24. The van der Waals surface area contributed by atoms with Gasteiger partial charge in [-0.3, -0.25) is 5.43 Å². The molecule has 0 aliphatic heterocycles. The lowest BCUT2D eigenvalue weighted by molar-refractivity contribution is 0.311. The van der Waals surface area contributed by atoms with Gasteiger partial charge in [0.15, 0.2) is 0 Å². The van der Waals surface area contributed by atoms with Crippen LogP contribution in [-0.2, 0) is 6.42 Å². The van der Waals surface area contributed by atoms with Crippen LogP contribution < -0.4 is 10.2 Å². The Morgan fingerprint density at radius 3 is 2.35 bits per heavy atom. The highest BCUT2D eigenvalue weighted by Gasteiger charge is 1.96. The Balaban J connectivity index is 1.41. The summed E-state index contributed by atoms with van der Waals surface area (Å²) in [4.78, 5) is 0. The summed E-state index contributed by atoms with van der Waals surface area (Å²) >= 11 is 0. The smallest absolute Gasteiger partial charge is 0.119 e. The van der Waals surface area contributed by atoms with Crippen LogP contribution >= 0.6 is 0 Å². The minimum Gasteiger partial charge on any atom is -0.494 e. The highest BCUT2D eigenvalue weighted by molar-refractivity contribution is 5.80. The molecule has 0 aromatic heterocycles. The van der Waals surface area contributed by atoms with Crippen molar-refractivity contribution in [2.75, 3.05) is 12.0 Å². The molecule has 0 spiro atoms. The van der Waals surface area contributed by atoms with Gasteiger partial charge in [-0.05, 0) is 67.3 Å². The van der Waals surface area contributed by atoms with Crippen molar-refractivity contribution in [2.45, 2.75) is 19.8 Å². The quantitative estimate of drug-likeness (QED) is 0.335. The molecule has 0 fully saturated rings. The standard InChI is InChI=1S/C23H24N2O/c1-19-9-13-22(14-10-19)25-24-18-21-11-15-23(16-12-21)26-17-5-8-20-6-3-2-4-7-20/h2-4,6-7,9-16,18,25H,5,8,17H2,1H3/b24-18+. The molecule has 0 heterocycles. The summed E-state index contributed by atoms with van der Waals surface area (Å²) < 4.78 is 5.81. The first-order chi connectivity index (χ1) is 12.8. The van der Waals surface area contributed by atoms with Crippen LogP contribution in [0.2, 0.25) is 0 Å². The van der Waals surface area contributed by atoms with E-state index in [0.29, 0.717) is 0 Å². The first-order valence-electron chi connectivity index (χ1n) is 8.92. The first-order valence-corrected chi connectivity index (χ1v) is 8.92. The zero-order valence-corrected chi connectivity index (χ0v) is 15.1. The average Bonchev–Trinajstić information content (AvgIpc) is 2.69.